The van der Waals surface area contributed by atoms with Crippen LogP contribution in [0.25, 0.3) is 0 Å². The summed E-state index contributed by atoms with van der Waals surface area (Å²) in [5, 5.41) is 14.2. The number of nitro groups is 1. The van der Waals surface area contributed by atoms with Gasteiger partial charge in [0.15, 0.2) is 17.6 Å². The fraction of sp³-hybridized carbons (Fsp3) is 0.300. The molecule has 3 rings (SSSR count). The van der Waals surface area contributed by atoms with Gasteiger partial charge in [0.05, 0.1) is 17.6 Å². The second kappa shape index (κ2) is 9.00. The van der Waals surface area contributed by atoms with Crippen molar-refractivity contribution in [2.24, 2.45) is 0 Å². The predicted molar refractivity (Wildman–Crippen MR) is 107 cm³/mol. The second-order valence-corrected chi connectivity index (χ2v) is 7.10. The number of nitrogens with zero attached hydrogens (tertiary/aromatic N) is 1. The Balaban J connectivity index is 1.75. The van der Waals surface area contributed by atoms with Gasteiger partial charge in [-0.25, -0.2) is 4.79 Å². The predicted octanol–water partition coefficient (Wildman–Crippen LogP) is 3.87. The van der Waals surface area contributed by atoms with Gasteiger partial charge < -0.3 is 19.5 Å². The number of benzene rings is 2. The van der Waals surface area contributed by atoms with Crippen LogP contribution in [-0.2, 0) is 9.53 Å². The van der Waals surface area contributed by atoms with Crippen LogP contribution in [0.15, 0.2) is 36.4 Å². The molecule has 1 aliphatic carbocycles. The van der Waals surface area contributed by atoms with Gasteiger partial charge in [0.1, 0.15) is 0 Å². The molecule has 0 heterocycles. The van der Waals surface area contributed by atoms with Crippen molar-refractivity contribution >= 4 is 29.2 Å². The summed E-state index contributed by atoms with van der Waals surface area (Å²) < 4.78 is 16.0. The standard InChI is InChI=1S/C20H19ClN2O7/c1-11(19(24)22-14-5-6-14)29-20(25)12-3-7-17(18(9-12)28-2)30-16-8-4-13(21)10-15(16)23(26)27/h3-4,7-11,14H,5-6H2,1-2H3,(H,22,24)/t11-/m1/s1. The highest BCUT2D eigenvalue weighted by Crippen LogP contribution is 2.38. The van der Waals surface area contributed by atoms with Crippen LogP contribution in [0.4, 0.5) is 5.69 Å². The minimum absolute atomic E-state index is 0.0385. The van der Waals surface area contributed by atoms with E-state index in [2.05, 4.69) is 5.32 Å². The van der Waals surface area contributed by atoms with Crippen molar-refractivity contribution in [2.45, 2.75) is 31.9 Å². The summed E-state index contributed by atoms with van der Waals surface area (Å²) in [4.78, 5) is 34.9. The van der Waals surface area contributed by atoms with Crippen LogP contribution in [0.2, 0.25) is 5.02 Å². The molecular formula is C20H19ClN2O7. The third kappa shape index (κ3) is 5.18. The fourth-order valence-corrected chi connectivity index (χ4v) is 2.71. The molecule has 1 fully saturated rings. The lowest BCUT2D eigenvalue weighted by Gasteiger charge is -2.15. The summed E-state index contributed by atoms with van der Waals surface area (Å²) in [7, 11) is 1.36. The zero-order chi connectivity index (χ0) is 21.8. The monoisotopic (exact) mass is 434 g/mol. The number of esters is 1. The Morgan fingerprint density at radius 2 is 1.87 bits per heavy atom. The first-order valence-electron chi connectivity index (χ1n) is 9.09. The van der Waals surface area contributed by atoms with E-state index in [0.717, 1.165) is 12.8 Å². The maximum Gasteiger partial charge on any atom is 0.339 e. The van der Waals surface area contributed by atoms with E-state index in [9.17, 15) is 19.7 Å². The average Bonchev–Trinajstić information content (AvgIpc) is 3.53. The lowest BCUT2D eigenvalue weighted by atomic mass is 10.2. The Bertz CT molecular complexity index is 991. The highest BCUT2D eigenvalue weighted by Gasteiger charge is 2.27. The van der Waals surface area contributed by atoms with Gasteiger partial charge >= 0.3 is 11.7 Å². The highest BCUT2D eigenvalue weighted by molar-refractivity contribution is 6.30. The van der Waals surface area contributed by atoms with Crippen LogP contribution in [0.1, 0.15) is 30.1 Å². The van der Waals surface area contributed by atoms with E-state index in [1.165, 1.54) is 50.4 Å². The molecule has 1 saturated carbocycles. The summed E-state index contributed by atoms with van der Waals surface area (Å²) >= 11 is 5.81. The van der Waals surface area contributed by atoms with E-state index in [-0.39, 0.29) is 45.5 Å². The minimum Gasteiger partial charge on any atom is -0.493 e. The van der Waals surface area contributed by atoms with Crippen LogP contribution < -0.4 is 14.8 Å². The molecule has 0 aromatic heterocycles. The number of carbonyl (C=O) groups excluding carboxylic acids is 2. The SMILES string of the molecule is COc1cc(C(=O)O[C@H](C)C(=O)NC2CC2)ccc1Oc1ccc(Cl)cc1[N+](=O)[O-]. The van der Waals surface area contributed by atoms with Gasteiger partial charge in [-0.15, -0.1) is 0 Å². The lowest BCUT2D eigenvalue weighted by Crippen LogP contribution is -2.37. The number of nitro benzene ring substituents is 1. The number of ether oxygens (including phenoxy) is 3. The molecule has 2 aromatic carbocycles. The van der Waals surface area contributed by atoms with Gasteiger partial charge in [0.2, 0.25) is 5.75 Å². The van der Waals surface area contributed by atoms with Gasteiger partial charge in [0.25, 0.3) is 5.91 Å². The first-order valence-corrected chi connectivity index (χ1v) is 9.47. The summed E-state index contributed by atoms with van der Waals surface area (Å²) in [5.74, 6) is -0.797. The van der Waals surface area contributed by atoms with Crippen molar-refractivity contribution in [1.82, 2.24) is 5.32 Å². The van der Waals surface area contributed by atoms with Crippen LogP contribution in [0.5, 0.6) is 17.2 Å². The number of carbonyl (C=O) groups is 2. The Morgan fingerprint density at radius 1 is 1.17 bits per heavy atom. The number of hydrogen-bond donors (Lipinski definition) is 1. The van der Waals surface area contributed by atoms with Gasteiger partial charge in [-0.2, -0.15) is 0 Å². The zero-order valence-corrected chi connectivity index (χ0v) is 17.0. The Kier molecular flexibility index (Phi) is 6.41. The Morgan fingerprint density at radius 3 is 2.50 bits per heavy atom. The summed E-state index contributed by atoms with van der Waals surface area (Å²) in [6.07, 6.45) is 0.907. The summed E-state index contributed by atoms with van der Waals surface area (Å²) in [6, 6.07) is 8.34. The lowest BCUT2D eigenvalue weighted by molar-refractivity contribution is -0.385. The van der Waals surface area contributed by atoms with Crippen molar-refractivity contribution in [3.05, 3.63) is 57.1 Å². The average molecular weight is 435 g/mol. The first kappa shape index (κ1) is 21.4. The molecule has 9 nitrogen and oxygen atoms in total. The van der Waals surface area contributed by atoms with Crippen molar-refractivity contribution in [2.75, 3.05) is 7.11 Å². The van der Waals surface area contributed by atoms with Crippen molar-refractivity contribution in [1.29, 1.82) is 0 Å². The molecular weight excluding hydrogens is 416 g/mol. The Labute approximate surface area is 177 Å². The van der Waals surface area contributed by atoms with E-state index in [1.807, 2.05) is 0 Å². The molecule has 0 radical (unpaired) electrons. The molecule has 10 heteroatoms. The van der Waals surface area contributed by atoms with Gasteiger partial charge in [-0.05, 0) is 50.1 Å². The first-order chi connectivity index (χ1) is 14.3. The molecule has 1 N–H and O–H groups in total. The molecule has 0 saturated heterocycles. The molecule has 1 aliphatic rings. The summed E-state index contributed by atoms with van der Waals surface area (Å²) in [5.41, 5.74) is -0.181. The quantitative estimate of drug-likeness (QED) is 0.380. The molecule has 158 valence electrons. The third-order valence-electron chi connectivity index (χ3n) is 4.31. The Hall–Kier alpha value is -3.33. The van der Waals surface area contributed by atoms with E-state index in [1.54, 1.807) is 0 Å². The largest absolute Gasteiger partial charge is 0.493 e. The van der Waals surface area contributed by atoms with Crippen LogP contribution in [0.3, 0.4) is 0 Å². The molecule has 1 amide bonds. The number of halogens is 1. The molecule has 1 atom stereocenters. The maximum absolute atomic E-state index is 12.4. The molecule has 0 bridgehead atoms. The van der Waals surface area contributed by atoms with Crippen LogP contribution in [0, 0.1) is 10.1 Å². The van der Waals surface area contributed by atoms with Gasteiger partial charge in [0, 0.05) is 17.1 Å². The summed E-state index contributed by atoms with van der Waals surface area (Å²) in [6.45, 7) is 1.49. The minimum atomic E-state index is -0.947. The second-order valence-electron chi connectivity index (χ2n) is 6.67. The highest BCUT2D eigenvalue weighted by atomic mass is 35.5. The van der Waals surface area contributed by atoms with Crippen molar-refractivity contribution in [3.63, 3.8) is 0 Å². The maximum atomic E-state index is 12.4. The third-order valence-corrected chi connectivity index (χ3v) is 4.55. The molecule has 0 spiro atoms. The van der Waals surface area contributed by atoms with E-state index in [0.29, 0.717) is 0 Å². The molecule has 0 unspecified atom stereocenters. The van der Waals surface area contributed by atoms with E-state index >= 15 is 0 Å². The fourth-order valence-electron chi connectivity index (χ4n) is 2.55. The number of hydrogen-bond acceptors (Lipinski definition) is 7. The number of methoxy groups -OCH3 is 1. The van der Waals surface area contributed by atoms with Crippen molar-refractivity contribution < 1.29 is 28.7 Å². The van der Waals surface area contributed by atoms with Gasteiger partial charge in [-0.3, -0.25) is 14.9 Å². The normalized spacial score (nSPS) is 13.8. The van der Waals surface area contributed by atoms with Crippen LogP contribution >= 0.6 is 11.6 Å². The number of rotatable bonds is 8. The van der Waals surface area contributed by atoms with Gasteiger partial charge in [-0.1, -0.05) is 11.6 Å². The number of nitrogens with one attached hydrogen (secondary N) is 1. The molecule has 2 aromatic rings. The van der Waals surface area contributed by atoms with E-state index < -0.39 is 17.0 Å². The van der Waals surface area contributed by atoms with Crippen molar-refractivity contribution in [3.8, 4) is 17.2 Å². The number of amides is 1. The molecule has 0 aliphatic heterocycles. The van der Waals surface area contributed by atoms with Crippen LogP contribution in [-0.4, -0.2) is 36.1 Å². The topological polar surface area (TPSA) is 117 Å². The van der Waals surface area contributed by atoms with E-state index in [4.69, 9.17) is 25.8 Å². The molecule has 30 heavy (non-hydrogen) atoms. The smallest absolute Gasteiger partial charge is 0.339 e. The zero-order valence-electron chi connectivity index (χ0n) is 16.2.